The molecule has 6 heteroatoms. The Bertz CT molecular complexity index is 326. The molecule has 0 heterocycles. The molecule has 5 nitrogen and oxygen atoms in total. The molecule has 0 aromatic carbocycles. The maximum absolute atomic E-state index is 11.6. The molecular formula is C10H21NO4S. The van der Waals surface area contributed by atoms with E-state index in [-0.39, 0.29) is 6.42 Å². The summed E-state index contributed by atoms with van der Waals surface area (Å²) in [6.07, 6.45) is 2.25. The number of sulfone groups is 1. The van der Waals surface area contributed by atoms with Crippen LogP contribution in [-0.2, 0) is 19.4 Å². The Morgan fingerprint density at radius 1 is 1.38 bits per heavy atom. The third kappa shape index (κ3) is 3.75. The van der Waals surface area contributed by atoms with Crippen LogP contribution in [0.2, 0.25) is 0 Å². The first-order valence-corrected chi connectivity index (χ1v) is 7.17. The highest BCUT2D eigenvalue weighted by Gasteiger charge is 2.44. The average Bonchev–Trinajstić information content (AvgIpc) is 2.21. The molecule has 16 heavy (non-hydrogen) atoms. The van der Waals surface area contributed by atoms with E-state index in [1.165, 1.54) is 14.0 Å². The van der Waals surface area contributed by atoms with Gasteiger partial charge in [0.15, 0.2) is 14.6 Å². The van der Waals surface area contributed by atoms with E-state index in [0.717, 1.165) is 19.2 Å². The summed E-state index contributed by atoms with van der Waals surface area (Å²) < 4.78 is 26.3. The van der Waals surface area contributed by atoms with Gasteiger partial charge < -0.3 is 10.1 Å². The van der Waals surface area contributed by atoms with Crippen LogP contribution < -0.4 is 5.32 Å². The van der Waals surface area contributed by atoms with E-state index in [2.05, 4.69) is 10.1 Å². The first-order chi connectivity index (χ1) is 7.29. The fourth-order valence-corrected chi connectivity index (χ4v) is 2.14. The lowest BCUT2D eigenvalue weighted by atomic mass is 10.1. The van der Waals surface area contributed by atoms with Crippen molar-refractivity contribution in [3.05, 3.63) is 0 Å². The van der Waals surface area contributed by atoms with Crippen molar-refractivity contribution in [1.29, 1.82) is 0 Å². The molecular weight excluding hydrogens is 230 g/mol. The fourth-order valence-electron chi connectivity index (χ4n) is 1.28. The standard InChI is InChI=1S/C10H21NO4S/c1-5-7-11-8-6-10(2,9(12)15-3)16(4,13)14/h11H,5-8H2,1-4H3. The number of nitrogens with one attached hydrogen (secondary N) is 1. The predicted molar refractivity (Wildman–Crippen MR) is 63.0 cm³/mol. The topological polar surface area (TPSA) is 72.5 Å². The molecule has 0 rings (SSSR count). The lowest BCUT2D eigenvalue weighted by Crippen LogP contribution is -2.46. The normalized spacial score (nSPS) is 15.5. The number of esters is 1. The highest BCUT2D eigenvalue weighted by molar-refractivity contribution is 7.92. The Labute approximate surface area is 97.5 Å². The third-order valence-corrected chi connectivity index (χ3v) is 4.65. The minimum atomic E-state index is -3.48. The van der Waals surface area contributed by atoms with Gasteiger partial charge in [0, 0.05) is 6.26 Å². The molecule has 0 aliphatic heterocycles. The van der Waals surface area contributed by atoms with E-state index in [0.29, 0.717) is 6.54 Å². The lowest BCUT2D eigenvalue weighted by Gasteiger charge is -2.24. The van der Waals surface area contributed by atoms with E-state index < -0.39 is 20.6 Å². The van der Waals surface area contributed by atoms with Gasteiger partial charge in [0.2, 0.25) is 0 Å². The van der Waals surface area contributed by atoms with Crippen molar-refractivity contribution in [1.82, 2.24) is 5.32 Å². The first kappa shape index (κ1) is 15.4. The summed E-state index contributed by atoms with van der Waals surface area (Å²) >= 11 is 0. The van der Waals surface area contributed by atoms with Crippen molar-refractivity contribution >= 4 is 15.8 Å². The maximum atomic E-state index is 11.6. The number of carbonyl (C=O) groups is 1. The number of hydrogen-bond acceptors (Lipinski definition) is 5. The molecule has 1 atom stereocenters. The molecule has 1 N–H and O–H groups in total. The van der Waals surface area contributed by atoms with Crippen LogP contribution in [0.3, 0.4) is 0 Å². The summed E-state index contributed by atoms with van der Waals surface area (Å²) in [4.78, 5) is 11.5. The summed E-state index contributed by atoms with van der Waals surface area (Å²) in [6, 6.07) is 0. The van der Waals surface area contributed by atoms with E-state index in [4.69, 9.17) is 0 Å². The van der Waals surface area contributed by atoms with Gasteiger partial charge in [-0.3, -0.25) is 4.79 Å². The van der Waals surface area contributed by atoms with Gasteiger partial charge in [0.25, 0.3) is 0 Å². The lowest BCUT2D eigenvalue weighted by molar-refractivity contribution is -0.143. The van der Waals surface area contributed by atoms with Crippen LogP contribution >= 0.6 is 0 Å². The highest BCUT2D eigenvalue weighted by atomic mass is 32.2. The van der Waals surface area contributed by atoms with Gasteiger partial charge in [-0.2, -0.15) is 0 Å². The van der Waals surface area contributed by atoms with Crippen molar-refractivity contribution in [2.24, 2.45) is 0 Å². The van der Waals surface area contributed by atoms with Crippen LogP contribution in [0.5, 0.6) is 0 Å². The Hall–Kier alpha value is -0.620. The maximum Gasteiger partial charge on any atom is 0.326 e. The van der Waals surface area contributed by atoms with Gasteiger partial charge >= 0.3 is 5.97 Å². The smallest absolute Gasteiger partial charge is 0.326 e. The third-order valence-electron chi connectivity index (χ3n) is 2.64. The van der Waals surface area contributed by atoms with Crippen molar-refractivity contribution in [3.63, 3.8) is 0 Å². The number of ether oxygens (including phenoxy) is 1. The van der Waals surface area contributed by atoms with E-state index in [1.807, 2.05) is 6.92 Å². The molecule has 0 aliphatic rings. The van der Waals surface area contributed by atoms with Crippen LogP contribution in [0.1, 0.15) is 26.7 Å². The van der Waals surface area contributed by atoms with Gasteiger partial charge in [0.05, 0.1) is 7.11 Å². The van der Waals surface area contributed by atoms with Crippen molar-refractivity contribution in [2.75, 3.05) is 26.5 Å². The van der Waals surface area contributed by atoms with Crippen LogP contribution in [-0.4, -0.2) is 45.6 Å². The monoisotopic (exact) mass is 251 g/mol. The van der Waals surface area contributed by atoms with E-state index in [1.54, 1.807) is 0 Å². The predicted octanol–water partition coefficient (Wildman–Crippen LogP) is 0.352. The molecule has 0 aliphatic carbocycles. The zero-order valence-corrected chi connectivity index (χ0v) is 11.2. The molecule has 0 saturated heterocycles. The second kappa shape index (κ2) is 6.20. The van der Waals surface area contributed by atoms with Crippen LogP contribution in [0.25, 0.3) is 0 Å². The largest absolute Gasteiger partial charge is 0.468 e. The molecule has 0 aromatic rings. The second-order valence-electron chi connectivity index (χ2n) is 3.99. The molecule has 0 aromatic heterocycles. The molecule has 0 bridgehead atoms. The summed E-state index contributed by atoms with van der Waals surface area (Å²) in [7, 11) is -2.28. The zero-order chi connectivity index (χ0) is 12.8. The molecule has 0 amide bonds. The molecule has 0 saturated carbocycles. The Morgan fingerprint density at radius 2 is 1.94 bits per heavy atom. The van der Waals surface area contributed by atoms with Crippen molar-refractivity contribution < 1.29 is 17.9 Å². The zero-order valence-electron chi connectivity index (χ0n) is 10.4. The summed E-state index contributed by atoms with van der Waals surface area (Å²) in [5.74, 6) is -0.701. The summed E-state index contributed by atoms with van der Waals surface area (Å²) in [6.45, 7) is 4.71. The average molecular weight is 251 g/mol. The summed E-state index contributed by atoms with van der Waals surface area (Å²) in [5, 5.41) is 3.07. The summed E-state index contributed by atoms with van der Waals surface area (Å²) in [5.41, 5.74) is 0. The van der Waals surface area contributed by atoms with Crippen molar-refractivity contribution in [2.45, 2.75) is 31.4 Å². The molecule has 1 unspecified atom stereocenters. The molecule has 0 spiro atoms. The van der Waals surface area contributed by atoms with Gasteiger partial charge in [0.1, 0.15) is 0 Å². The van der Waals surface area contributed by atoms with Gasteiger partial charge in [-0.25, -0.2) is 8.42 Å². The van der Waals surface area contributed by atoms with Gasteiger partial charge in [-0.05, 0) is 32.9 Å². The minimum absolute atomic E-state index is 0.221. The van der Waals surface area contributed by atoms with Gasteiger partial charge in [-0.1, -0.05) is 6.92 Å². The quantitative estimate of drug-likeness (QED) is 0.522. The number of hydrogen-bond donors (Lipinski definition) is 1. The van der Waals surface area contributed by atoms with Crippen LogP contribution in [0.15, 0.2) is 0 Å². The molecule has 96 valence electrons. The van der Waals surface area contributed by atoms with Crippen molar-refractivity contribution in [3.8, 4) is 0 Å². The van der Waals surface area contributed by atoms with E-state index >= 15 is 0 Å². The fraction of sp³-hybridized carbons (Fsp3) is 0.900. The SMILES string of the molecule is CCCNCCC(C)(C(=O)OC)S(C)(=O)=O. The number of methoxy groups -OCH3 is 1. The molecule has 0 radical (unpaired) electrons. The second-order valence-corrected chi connectivity index (χ2v) is 6.44. The van der Waals surface area contributed by atoms with Gasteiger partial charge in [-0.15, -0.1) is 0 Å². The minimum Gasteiger partial charge on any atom is -0.468 e. The Kier molecular flexibility index (Phi) is 5.96. The van der Waals surface area contributed by atoms with E-state index in [9.17, 15) is 13.2 Å². The first-order valence-electron chi connectivity index (χ1n) is 5.28. The highest BCUT2D eigenvalue weighted by Crippen LogP contribution is 2.21. The van der Waals surface area contributed by atoms with Crippen LogP contribution in [0.4, 0.5) is 0 Å². The Balaban J connectivity index is 4.64. The van der Waals surface area contributed by atoms with Crippen LogP contribution in [0, 0.1) is 0 Å². The number of rotatable bonds is 7. The molecule has 0 fully saturated rings. The number of carbonyl (C=O) groups excluding carboxylic acids is 1. The Morgan fingerprint density at radius 3 is 2.31 bits per heavy atom.